The molecule has 3 N–H and O–H groups in total. The normalized spacial score (nSPS) is 12.0. The maximum Gasteiger partial charge on any atom is 0.218 e. The molecular formula is C21H31IN4O2. The van der Waals surface area contributed by atoms with Crippen LogP contribution in [0.3, 0.4) is 0 Å². The van der Waals surface area contributed by atoms with Gasteiger partial charge in [-0.1, -0.05) is 49.7 Å². The number of aromatic nitrogens is 1. The summed E-state index contributed by atoms with van der Waals surface area (Å²) < 4.78 is 5.77. The number of hydrogen-bond acceptors (Lipinski definition) is 4. The number of rotatable bonds is 10. The van der Waals surface area contributed by atoms with E-state index in [4.69, 9.17) is 4.74 Å². The highest BCUT2D eigenvalue weighted by molar-refractivity contribution is 14.0. The molecule has 0 saturated heterocycles. The van der Waals surface area contributed by atoms with Crippen LogP contribution in [-0.4, -0.2) is 42.9 Å². The minimum atomic E-state index is 0. The molecule has 0 aliphatic rings. The molecule has 7 heteroatoms. The monoisotopic (exact) mass is 498 g/mol. The van der Waals surface area contributed by atoms with E-state index < -0.39 is 0 Å². The summed E-state index contributed by atoms with van der Waals surface area (Å²) in [5.41, 5.74) is 2.08. The van der Waals surface area contributed by atoms with Crippen molar-refractivity contribution in [2.45, 2.75) is 32.2 Å². The zero-order valence-corrected chi connectivity index (χ0v) is 18.9. The maximum atomic E-state index is 9.69. The number of nitrogens with zero attached hydrogens (tertiary/aromatic N) is 2. The molecule has 154 valence electrons. The molecule has 6 nitrogen and oxygen atoms in total. The smallest absolute Gasteiger partial charge is 0.218 e. The summed E-state index contributed by atoms with van der Waals surface area (Å²) in [6.45, 7) is 4.03. The van der Waals surface area contributed by atoms with Gasteiger partial charge in [0.2, 0.25) is 5.88 Å². The number of aliphatic hydroxyl groups excluding tert-OH is 1. The van der Waals surface area contributed by atoms with Gasteiger partial charge in [0.1, 0.15) is 0 Å². The number of unbranched alkanes of at least 4 members (excludes halogenated alkanes) is 1. The molecule has 1 aromatic carbocycles. The highest BCUT2D eigenvalue weighted by Gasteiger charge is 2.11. The van der Waals surface area contributed by atoms with Crippen LogP contribution in [0.5, 0.6) is 5.88 Å². The first-order valence-electron chi connectivity index (χ1n) is 9.45. The number of aliphatic hydroxyl groups is 1. The highest BCUT2D eigenvalue weighted by Crippen LogP contribution is 2.15. The molecule has 0 spiro atoms. The lowest BCUT2D eigenvalue weighted by molar-refractivity contribution is 0.265. The molecule has 2 aromatic rings. The molecule has 1 atom stereocenters. The first-order valence-corrected chi connectivity index (χ1v) is 9.45. The van der Waals surface area contributed by atoms with E-state index in [1.807, 2.05) is 42.5 Å². The molecule has 0 amide bonds. The van der Waals surface area contributed by atoms with E-state index >= 15 is 0 Å². The number of ether oxygens (including phenoxy) is 1. The Kier molecular flexibility index (Phi) is 12.2. The molecule has 0 saturated carbocycles. The Morgan fingerprint density at radius 3 is 2.64 bits per heavy atom. The lowest BCUT2D eigenvalue weighted by Crippen LogP contribution is -2.39. The van der Waals surface area contributed by atoms with Crippen LogP contribution in [0.15, 0.2) is 53.7 Å². The average molecular weight is 498 g/mol. The maximum absolute atomic E-state index is 9.69. The zero-order valence-electron chi connectivity index (χ0n) is 16.6. The molecule has 1 unspecified atom stereocenters. The Morgan fingerprint density at radius 2 is 1.96 bits per heavy atom. The second-order valence-corrected chi connectivity index (χ2v) is 6.27. The molecule has 1 aromatic heterocycles. The number of hydrogen-bond donors (Lipinski definition) is 3. The van der Waals surface area contributed by atoms with Crippen molar-refractivity contribution in [1.29, 1.82) is 0 Å². The van der Waals surface area contributed by atoms with Crippen LogP contribution in [0.2, 0.25) is 0 Å². The van der Waals surface area contributed by atoms with Crippen molar-refractivity contribution in [3.63, 3.8) is 0 Å². The summed E-state index contributed by atoms with van der Waals surface area (Å²) in [6.07, 6.45) is 3.84. The van der Waals surface area contributed by atoms with Crippen LogP contribution in [0.1, 0.15) is 36.8 Å². The van der Waals surface area contributed by atoms with E-state index in [1.54, 1.807) is 13.2 Å². The summed E-state index contributed by atoms with van der Waals surface area (Å²) >= 11 is 0. The van der Waals surface area contributed by atoms with Crippen LogP contribution in [0.25, 0.3) is 0 Å². The summed E-state index contributed by atoms with van der Waals surface area (Å²) in [5.74, 6) is 1.34. The molecule has 0 aliphatic heterocycles. The SMILES string of the molecule is CCCCOc1ncccc1CNC(=NC)NCC(CO)c1ccccc1.I. The van der Waals surface area contributed by atoms with Gasteiger partial charge in [-0.05, 0) is 18.1 Å². The van der Waals surface area contributed by atoms with Crippen molar-refractivity contribution in [3.8, 4) is 5.88 Å². The van der Waals surface area contributed by atoms with Crippen molar-refractivity contribution >= 4 is 29.9 Å². The lowest BCUT2D eigenvalue weighted by atomic mass is 10.0. The van der Waals surface area contributed by atoms with Crippen LogP contribution in [-0.2, 0) is 6.54 Å². The fourth-order valence-corrected chi connectivity index (χ4v) is 2.63. The van der Waals surface area contributed by atoms with E-state index in [2.05, 4.69) is 27.5 Å². The molecule has 0 bridgehead atoms. The first kappa shape index (κ1) is 24.2. The van der Waals surface area contributed by atoms with Crippen molar-refractivity contribution in [2.75, 3.05) is 26.8 Å². The van der Waals surface area contributed by atoms with Crippen molar-refractivity contribution < 1.29 is 9.84 Å². The number of benzene rings is 1. The summed E-state index contributed by atoms with van der Waals surface area (Å²) in [6, 6.07) is 13.9. The Bertz CT molecular complexity index is 698. The number of halogens is 1. The van der Waals surface area contributed by atoms with Gasteiger partial charge in [-0.2, -0.15) is 0 Å². The Balaban J connectivity index is 0.00000392. The standard InChI is InChI=1S/C21H30N4O2.HI/c1-3-4-13-27-20-18(11-8-12-23-20)14-24-21(22-2)25-15-19(16-26)17-9-6-5-7-10-17;/h5-12,19,26H,3-4,13-16H2,1-2H3,(H2,22,24,25);1H. The largest absolute Gasteiger partial charge is 0.477 e. The van der Waals surface area contributed by atoms with Gasteiger partial charge in [0.25, 0.3) is 0 Å². The Hall–Kier alpha value is -1.87. The third-order valence-corrected chi connectivity index (χ3v) is 4.26. The van der Waals surface area contributed by atoms with Gasteiger partial charge < -0.3 is 20.5 Å². The fraction of sp³-hybridized carbons (Fsp3) is 0.429. The third kappa shape index (κ3) is 8.02. The van der Waals surface area contributed by atoms with Gasteiger partial charge in [0.15, 0.2) is 5.96 Å². The predicted octanol–water partition coefficient (Wildman–Crippen LogP) is 3.32. The van der Waals surface area contributed by atoms with Crippen LogP contribution >= 0.6 is 24.0 Å². The number of guanidine groups is 1. The Morgan fingerprint density at radius 1 is 1.18 bits per heavy atom. The second kappa shape index (κ2) is 14.2. The molecule has 1 heterocycles. The van der Waals surface area contributed by atoms with E-state index in [1.165, 1.54) is 0 Å². The highest BCUT2D eigenvalue weighted by atomic mass is 127. The summed E-state index contributed by atoms with van der Waals surface area (Å²) in [4.78, 5) is 8.59. The molecule has 0 fully saturated rings. The third-order valence-electron chi connectivity index (χ3n) is 4.26. The number of aliphatic imine (C=N–C) groups is 1. The number of pyridine rings is 1. The van der Waals surface area contributed by atoms with Crippen molar-refractivity contribution in [3.05, 3.63) is 59.8 Å². The van der Waals surface area contributed by atoms with Crippen LogP contribution in [0.4, 0.5) is 0 Å². The van der Waals surface area contributed by atoms with Gasteiger partial charge in [-0.15, -0.1) is 24.0 Å². The zero-order chi connectivity index (χ0) is 19.3. The predicted molar refractivity (Wildman–Crippen MR) is 125 cm³/mol. The summed E-state index contributed by atoms with van der Waals surface area (Å²) in [5, 5.41) is 16.3. The minimum Gasteiger partial charge on any atom is -0.477 e. The first-order chi connectivity index (χ1) is 13.3. The molecular weight excluding hydrogens is 467 g/mol. The van der Waals surface area contributed by atoms with Gasteiger partial charge in [-0.3, -0.25) is 4.99 Å². The minimum absolute atomic E-state index is 0. The van der Waals surface area contributed by atoms with E-state index in [9.17, 15) is 5.11 Å². The van der Waals surface area contributed by atoms with Crippen LogP contribution < -0.4 is 15.4 Å². The van der Waals surface area contributed by atoms with Crippen molar-refractivity contribution in [1.82, 2.24) is 15.6 Å². The molecule has 0 radical (unpaired) electrons. The van der Waals surface area contributed by atoms with Gasteiger partial charge >= 0.3 is 0 Å². The summed E-state index contributed by atoms with van der Waals surface area (Å²) in [7, 11) is 1.73. The average Bonchev–Trinajstić information content (AvgIpc) is 2.72. The van der Waals surface area contributed by atoms with E-state index in [0.29, 0.717) is 31.5 Å². The van der Waals surface area contributed by atoms with Crippen molar-refractivity contribution in [2.24, 2.45) is 4.99 Å². The van der Waals surface area contributed by atoms with Gasteiger partial charge in [0.05, 0.1) is 13.2 Å². The van der Waals surface area contributed by atoms with E-state index in [-0.39, 0.29) is 36.5 Å². The van der Waals surface area contributed by atoms with E-state index in [0.717, 1.165) is 24.0 Å². The molecule has 28 heavy (non-hydrogen) atoms. The quantitative estimate of drug-likeness (QED) is 0.203. The second-order valence-electron chi connectivity index (χ2n) is 6.27. The Labute approximate surface area is 184 Å². The molecule has 0 aliphatic carbocycles. The van der Waals surface area contributed by atoms with Gasteiger partial charge in [0, 0.05) is 37.8 Å². The fourth-order valence-electron chi connectivity index (χ4n) is 2.63. The molecule has 2 rings (SSSR count). The van der Waals surface area contributed by atoms with Crippen LogP contribution in [0, 0.1) is 0 Å². The number of nitrogens with one attached hydrogen (secondary N) is 2. The lowest BCUT2D eigenvalue weighted by Gasteiger charge is -2.18. The van der Waals surface area contributed by atoms with Gasteiger partial charge in [-0.25, -0.2) is 4.98 Å². The topological polar surface area (TPSA) is 78.8 Å².